The van der Waals surface area contributed by atoms with Crippen LogP contribution in [0.5, 0.6) is 0 Å². The fourth-order valence-corrected chi connectivity index (χ4v) is 4.00. The first-order valence-electron chi connectivity index (χ1n) is 8.10. The number of carbonyl (C=O) groups excluding carboxylic acids is 1. The van der Waals surface area contributed by atoms with Crippen molar-refractivity contribution in [3.05, 3.63) is 29.5 Å². The molecule has 1 N–H and O–H groups in total. The van der Waals surface area contributed by atoms with E-state index in [4.69, 9.17) is 0 Å². The van der Waals surface area contributed by atoms with Crippen LogP contribution in [0.15, 0.2) is 12.4 Å². The lowest BCUT2D eigenvalue weighted by Crippen LogP contribution is -2.41. The van der Waals surface area contributed by atoms with Crippen LogP contribution in [0.25, 0.3) is 0 Å². The molecule has 3 rings (SSSR count). The molecule has 0 spiro atoms. The van der Waals surface area contributed by atoms with Gasteiger partial charge < -0.3 is 14.8 Å². The normalized spacial score (nSPS) is 18.2. The summed E-state index contributed by atoms with van der Waals surface area (Å²) < 4.78 is 6.55. The highest BCUT2D eigenvalue weighted by Gasteiger charge is 2.29. The van der Waals surface area contributed by atoms with E-state index in [1.54, 1.807) is 0 Å². The van der Waals surface area contributed by atoms with Crippen LogP contribution < -0.4 is 5.32 Å². The van der Waals surface area contributed by atoms with Crippen LogP contribution in [0.4, 0.5) is 5.00 Å². The fourth-order valence-electron chi connectivity index (χ4n) is 3.27. The first-order valence-corrected chi connectivity index (χ1v) is 8.88. The van der Waals surface area contributed by atoms with E-state index in [9.17, 15) is 4.79 Å². The Bertz CT molecular complexity index is 692. The molecular formula is C16H23N5OS. The first-order chi connectivity index (χ1) is 11.2. The number of hydrogen-bond acceptors (Lipinski definition) is 5. The molecule has 0 saturated carbocycles. The van der Waals surface area contributed by atoms with E-state index < -0.39 is 0 Å². The van der Waals surface area contributed by atoms with E-state index >= 15 is 0 Å². The summed E-state index contributed by atoms with van der Waals surface area (Å²) >= 11 is 1.35. The molecule has 1 amide bonds. The molecule has 23 heavy (non-hydrogen) atoms. The average molecular weight is 333 g/mol. The van der Waals surface area contributed by atoms with Gasteiger partial charge in [0.05, 0.1) is 17.3 Å². The summed E-state index contributed by atoms with van der Waals surface area (Å²) in [5, 5.41) is 3.94. The Labute approximate surface area is 140 Å². The van der Waals surface area contributed by atoms with Gasteiger partial charge in [0.25, 0.3) is 5.91 Å². The van der Waals surface area contributed by atoms with Crippen molar-refractivity contribution in [1.29, 1.82) is 0 Å². The molecule has 0 aliphatic carbocycles. The zero-order chi connectivity index (χ0) is 16.4. The lowest BCUT2D eigenvalue weighted by atomic mass is 10.0. The number of aromatic nitrogens is 3. The van der Waals surface area contributed by atoms with Gasteiger partial charge in [0, 0.05) is 39.0 Å². The molecule has 0 aromatic carbocycles. The van der Waals surface area contributed by atoms with E-state index in [1.165, 1.54) is 11.5 Å². The highest BCUT2D eigenvalue weighted by atomic mass is 32.1. The summed E-state index contributed by atoms with van der Waals surface area (Å²) in [6, 6.07) is 0.315. The monoisotopic (exact) mass is 333 g/mol. The number of nitrogens with zero attached hydrogens (tertiary/aromatic N) is 4. The van der Waals surface area contributed by atoms with Crippen LogP contribution in [0.3, 0.4) is 0 Å². The molecule has 1 fully saturated rings. The second kappa shape index (κ2) is 6.70. The maximum atomic E-state index is 13.0. The number of rotatable bonds is 4. The number of carbonyl (C=O) groups is 1. The number of anilines is 1. The van der Waals surface area contributed by atoms with Gasteiger partial charge in [-0.15, -0.1) is 0 Å². The summed E-state index contributed by atoms with van der Waals surface area (Å²) in [7, 11) is 1.84. The van der Waals surface area contributed by atoms with Crippen LogP contribution in [-0.2, 0) is 6.42 Å². The minimum absolute atomic E-state index is 0.0865. The van der Waals surface area contributed by atoms with E-state index in [-0.39, 0.29) is 5.91 Å². The Morgan fingerprint density at radius 3 is 3.09 bits per heavy atom. The Balaban J connectivity index is 1.81. The molecule has 7 heteroatoms. The average Bonchev–Trinajstić information content (AvgIpc) is 3.20. The Morgan fingerprint density at radius 2 is 2.35 bits per heavy atom. The van der Waals surface area contributed by atoms with Gasteiger partial charge in [-0.3, -0.25) is 4.79 Å². The second-order valence-electron chi connectivity index (χ2n) is 5.87. The zero-order valence-electron chi connectivity index (χ0n) is 13.9. The highest BCUT2D eigenvalue weighted by Crippen LogP contribution is 2.29. The minimum atomic E-state index is 0.0865. The van der Waals surface area contributed by atoms with E-state index in [0.29, 0.717) is 6.04 Å². The molecule has 0 radical (unpaired) electrons. The number of likely N-dealkylation sites (tertiary alicyclic amines) is 1. The lowest BCUT2D eigenvalue weighted by Gasteiger charge is -2.34. The van der Waals surface area contributed by atoms with E-state index in [0.717, 1.165) is 54.4 Å². The van der Waals surface area contributed by atoms with Gasteiger partial charge in [-0.25, -0.2) is 4.98 Å². The lowest BCUT2D eigenvalue weighted by molar-refractivity contribution is 0.0678. The van der Waals surface area contributed by atoms with Crippen molar-refractivity contribution in [3.63, 3.8) is 0 Å². The summed E-state index contributed by atoms with van der Waals surface area (Å²) in [5.41, 5.74) is 1.53. The standard InChI is InChI=1S/C16H23N5OS/c1-4-13-18-7-9-21(13)12-6-5-8-20(10-12)16(22)14-11(2)19-23-15(14)17-3/h7,9,12,17H,4-6,8,10H2,1-3H3/t12-/m1/s1. The molecule has 1 aliphatic heterocycles. The Kier molecular flexibility index (Phi) is 4.66. The highest BCUT2D eigenvalue weighted by molar-refractivity contribution is 7.10. The van der Waals surface area contributed by atoms with Crippen molar-refractivity contribution in [2.24, 2.45) is 0 Å². The zero-order valence-corrected chi connectivity index (χ0v) is 14.7. The maximum Gasteiger partial charge on any atom is 0.258 e. The smallest absolute Gasteiger partial charge is 0.258 e. The topological polar surface area (TPSA) is 63.1 Å². The number of amides is 1. The number of nitrogens with one attached hydrogen (secondary N) is 1. The number of imidazole rings is 1. The molecule has 0 bridgehead atoms. The second-order valence-corrected chi connectivity index (χ2v) is 6.65. The molecule has 1 atom stereocenters. The van der Waals surface area contributed by atoms with Crippen molar-refractivity contribution in [2.75, 3.05) is 25.5 Å². The van der Waals surface area contributed by atoms with Crippen LogP contribution in [0.2, 0.25) is 0 Å². The number of hydrogen-bond donors (Lipinski definition) is 1. The SMILES string of the molecule is CCc1nccn1[C@@H]1CCCN(C(=O)c2c(C)nsc2NC)C1. The van der Waals surface area contributed by atoms with E-state index in [2.05, 4.69) is 26.2 Å². The first kappa shape index (κ1) is 16.0. The van der Waals surface area contributed by atoms with Gasteiger partial charge in [-0.05, 0) is 31.3 Å². The van der Waals surface area contributed by atoms with Crippen molar-refractivity contribution >= 4 is 22.4 Å². The summed E-state index contributed by atoms with van der Waals surface area (Å²) in [6.07, 6.45) is 6.91. The molecule has 0 unspecified atom stereocenters. The third-order valence-electron chi connectivity index (χ3n) is 4.45. The molecule has 2 aromatic rings. The van der Waals surface area contributed by atoms with Crippen molar-refractivity contribution in [3.8, 4) is 0 Å². The predicted octanol–water partition coefficient (Wildman–Crippen LogP) is 2.73. The molecule has 1 saturated heterocycles. The van der Waals surface area contributed by atoms with E-state index in [1.807, 2.05) is 31.3 Å². The van der Waals surface area contributed by atoms with Gasteiger partial charge >= 0.3 is 0 Å². The quantitative estimate of drug-likeness (QED) is 0.934. The summed E-state index contributed by atoms with van der Waals surface area (Å²) in [5.74, 6) is 1.18. The third kappa shape index (κ3) is 2.97. The Hall–Kier alpha value is -1.89. The third-order valence-corrected chi connectivity index (χ3v) is 5.40. The Morgan fingerprint density at radius 1 is 1.52 bits per heavy atom. The molecule has 1 aliphatic rings. The van der Waals surface area contributed by atoms with Gasteiger partial charge in [-0.1, -0.05) is 6.92 Å². The van der Waals surface area contributed by atoms with Crippen LogP contribution in [-0.4, -0.2) is 44.9 Å². The van der Waals surface area contributed by atoms with Gasteiger partial charge in [0.15, 0.2) is 0 Å². The fraction of sp³-hybridized carbons (Fsp3) is 0.562. The summed E-state index contributed by atoms with van der Waals surface area (Å²) in [6.45, 7) is 5.56. The molecule has 2 aromatic heterocycles. The van der Waals surface area contributed by atoms with Crippen molar-refractivity contribution in [1.82, 2.24) is 18.8 Å². The van der Waals surface area contributed by atoms with Crippen molar-refractivity contribution in [2.45, 2.75) is 39.2 Å². The van der Waals surface area contributed by atoms with Crippen LogP contribution in [0.1, 0.15) is 47.7 Å². The summed E-state index contributed by atoms with van der Waals surface area (Å²) in [4.78, 5) is 19.3. The number of aryl methyl sites for hydroxylation is 2. The van der Waals surface area contributed by atoms with Gasteiger partial charge in [0.1, 0.15) is 10.8 Å². The van der Waals surface area contributed by atoms with Crippen LogP contribution in [0, 0.1) is 6.92 Å². The van der Waals surface area contributed by atoms with Gasteiger partial charge in [-0.2, -0.15) is 4.37 Å². The maximum absolute atomic E-state index is 13.0. The minimum Gasteiger partial charge on any atom is -0.378 e. The number of piperidine rings is 1. The molecular weight excluding hydrogens is 310 g/mol. The van der Waals surface area contributed by atoms with Gasteiger partial charge in [0.2, 0.25) is 0 Å². The molecule has 3 heterocycles. The molecule has 124 valence electrons. The predicted molar refractivity (Wildman–Crippen MR) is 92.2 cm³/mol. The van der Waals surface area contributed by atoms with Crippen molar-refractivity contribution < 1.29 is 4.79 Å². The largest absolute Gasteiger partial charge is 0.378 e. The molecule has 6 nitrogen and oxygen atoms in total. The van der Waals surface area contributed by atoms with Crippen LogP contribution >= 0.6 is 11.5 Å².